The summed E-state index contributed by atoms with van der Waals surface area (Å²) in [7, 11) is 0. The second-order valence-corrected chi connectivity index (χ2v) is 0.862. The third-order valence-electron chi connectivity index (χ3n) is 0.279. The van der Waals surface area contributed by atoms with Gasteiger partial charge < -0.3 is 5.73 Å². The Morgan fingerprint density at radius 1 is 1.38 bits per heavy atom. The molecule has 0 unspecified atom stereocenters. The molecule has 0 saturated carbocycles. The molecule has 1 amide bonds. The molecule has 0 spiro atoms. The van der Waals surface area contributed by atoms with Crippen molar-refractivity contribution < 1.29 is 37.4 Å². The van der Waals surface area contributed by atoms with Crippen LogP contribution in [0.15, 0.2) is 0 Å². The number of carbonyl (C=O) groups excluding carboxylic acids is 1. The summed E-state index contributed by atoms with van der Waals surface area (Å²) >= 11 is 0. The van der Waals surface area contributed by atoms with Crippen LogP contribution in [0.1, 0.15) is 0 Å². The topological polar surface area (TPSA) is 43.1 Å². The van der Waals surface area contributed by atoms with E-state index in [1.54, 1.807) is 0 Å². The summed E-state index contributed by atoms with van der Waals surface area (Å²) < 4.78 is 32.1. The SMILES string of the molecule is NC(=O)C(F)(F)F.[Rh+2]. The molecule has 0 aliphatic carbocycles. The predicted octanol–water partition coefficient (Wildman–Crippen LogP) is 0.0315. The van der Waals surface area contributed by atoms with Crippen molar-refractivity contribution in [3.63, 3.8) is 0 Å². The van der Waals surface area contributed by atoms with Crippen molar-refractivity contribution in [3.05, 3.63) is 0 Å². The van der Waals surface area contributed by atoms with E-state index in [0.717, 1.165) is 0 Å². The number of amides is 1. The molecule has 8 heavy (non-hydrogen) atoms. The van der Waals surface area contributed by atoms with Crippen LogP contribution in [0.2, 0.25) is 0 Å². The predicted molar refractivity (Wildman–Crippen MR) is 15.2 cm³/mol. The van der Waals surface area contributed by atoms with Crippen molar-refractivity contribution in [3.8, 4) is 0 Å². The van der Waals surface area contributed by atoms with Crippen LogP contribution in [0.4, 0.5) is 13.2 Å². The van der Waals surface area contributed by atoms with Gasteiger partial charge in [-0.15, -0.1) is 0 Å². The summed E-state index contributed by atoms with van der Waals surface area (Å²) in [6, 6.07) is 0. The summed E-state index contributed by atoms with van der Waals surface area (Å²) in [5, 5.41) is 0. The maximum atomic E-state index is 10.7. The van der Waals surface area contributed by atoms with Crippen molar-refractivity contribution in [2.24, 2.45) is 5.73 Å². The Balaban J connectivity index is 0. The van der Waals surface area contributed by atoms with Crippen LogP contribution in [0, 0.1) is 0 Å². The molecule has 0 bridgehead atoms. The van der Waals surface area contributed by atoms with Gasteiger partial charge in [-0.1, -0.05) is 0 Å². The minimum absolute atomic E-state index is 0. The van der Waals surface area contributed by atoms with E-state index in [4.69, 9.17) is 4.79 Å². The van der Waals surface area contributed by atoms with Crippen molar-refractivity contribution in [2.45, 2.75) is 6.18 Å². The molecule has 0 rings (SSSR count). The first kappa shape index (κ1) is 10.8. The molecule has 0 atom stereocenters. The molecule has 0 aromatic rings. The first-order valence-corrected chi connectivity index (χ1v) is 1.31. The third-order valence-corrected chi connectivity index (χ3v) is 0.279. The molecule has 0 aliphatic heterocycles. The number of halogens is 3. The average molecular weight is 216 g/mol. The molecule has 0 aliphatic rings. The number of primary amides is 1. The van der Waals surface area contributed by atoms with Gasteiger partial charge in [0.2, 0.25) is 0 Å². The summed E-state index contributed by atoms with van der Waals surface area (Å²) in [5.41, 5.74) is 3.81. The van der Waals surface area contributed by atoms with E-state index >= 15 is 0 Å². The van der Waals surface area contributed by atoms with Gasteiger partial charge in [0.1, 0.15) is 0 Å². The number of carbonyl (C=O) groups is 1. The van der Waals surface area contributed by atoms with Crippen LogP contribution >= 0.6 is 0 Å². The number of hydrogen-bond donors (Lipinski definition) is 1. The van der Waals surface area contributed by atoms with Gasteiger partial charge in [-0.25, -0.2) is 0 Å². The summed E-state index contributed by atoms with van der Waals surface area (Å²) in [6.45, 7) is 0. The van der Waals surface area contributed by atoms with Crippen LogP contribution in [0.3, 0.4) is 0 Å². The third kappa shape index (κ3) is 4.05. The van der Waals surface area contributed by atoms with E-state index in [-0.39, 0.29) is 19.5 Å². The van der Waals surface area contributed by atoms with Gasteiger partial charge in [-0.3, -0.25) is 4.79 Å². The van der Waals surface area contributed by atoms with Gasteiger partial charge in [0.15, 0.2) is 0 Å². The molecule has 6 heteroatoms. The fourth-order valence-corrected chi connectivity index (χ4v) is 0. The van der Waals surface area contributed by atoms with Gasteiger partial charge in [0.05, 0.1) is 0 Å². The van der Waals surface area contributed by atoms with Crippen LogP contribution in [0.5, 0.6) is 0 Å². The van der Waals surface area contributed by atoms with E-state index in [1.807, 2.05) is 0 Å². The van der Waals surface area contributed by atoms with Crippen LogP contribution < -0.4 is 5.73 Å². The molecule has 2 nitrogen and oxygen atoms in total. The quantitative estimate of drug-likeness (QED) is 0.570. The summed E-state index contributed by atoms with van der Waals surface area (Å²) in [5.74, 6) is -2.26. The summed E-state index contributed by atoms with van der Waals surface area (Å²) in [4.78, 5) is 9.12. The molecule has 2 N–H and O–H groups in total. The standard InChI is InChI=1S/C2H2F3NO.Rh/c3-2(4,5)1(6)7;/h(H2,6,7);/q;+2. The first-order valence-electron chi connectivity index (χ1n) is 1.31. The largest absolute Gasteiger partial charge is 2.00 e. The second kappa shape index (κ2) is 3.02. The molecule has 0 aromatic carbocycles. The minimum Gasteiger partial charge on any atom is -0.362 e. The van der Waals surface area contributed by atoms with Crippen LogP contribution in [0.25, 0.3) is 0 Å². The van der Waals surface area contributed by atoms with Crippen LogP contribution in [-0.4, -0.2) is 12.1 Å². The van der Waals surface area contributed by atoms with E-state index in [0.29, 0.717) is 0 Å². The molecule has 1 radical (unpaired) electrons. The molecule has 0 fully saturated rings. The Kier molecular flexibility index (Phi) is 4.07. The maximum Gasteiger partial charge on any atom is 2.00 e. The Bertz CT molecular complexity index is 89.8. The van der Waals surface area contributed by atoms with Crippen LogP contribution in [-0.2, 0) is 24.3 Å². The maximum absolute atomic E-state index is 10.7. The Hall–Kier alpha value is -0.117. The molecule has 0 heterocycles. The van der Waals surface area contributed by atoms with Gasteiger partial charge in [0.25, 0.3) is 0 Å². The molecular formula is C2H2F3NORh+2. The molecular weight excluding hydrogens is 214 g/mol. The van der Waals surface area contributed by atoms with Crippen molar-refractivity contribution in [2.75, 3.05) is 0 Å². The molecule has 0 aromatic heterocycles. The zero-order valence-electron chi connectivity index (χ0n) is 3.45. The normalized spacial score (nSPS) is 9.88. The van der Waals surface area contributed by atoms with Crippen molar-refractivity contribution in [1.82, 2.24) is 0 Å². The fourth-order valence-electron chi connectivity index (χ4n) is 0. The number of alkyl halides is 3. The number of nitrogens with two attached hydrogens (primary N) is 1. The number of rotatable bonds is 0. The zero-order valence-corrected chi connectivity index (χ0v) is 5.09. The van der Waals surface area contributed by atoms with Gasteiger partial charge in [-0.05, 0) is 0 Å². The van der Waals surface area contributed by atoms with Crippen molar-refractivity contribution in [1.29, 1.82) is 0 Å². The van der Waals surface area contributed by atoms with Crippen molar-refractivity contribution >= 4 is 5.91 Å². The minimum atomic E-state index is -4.86. The Morgan fingerprint density at radius 2 is 1.50 bits per heavy atom. The average Bonchev–Trinajstić information content (AvgIpc) is 1.31. The Labute approximate surface area is 56.0 Å². The van der Waals surface area contributed by atoms with E-state index in [1.165, 1.54) is 0 Å². The fraction of sp³-hybridized carbons (Fsp3) is 0.500. The van der Waals surface area contributed by atoms with E-state index in [9.17, 15) is 13.2 Å². The Morgan fingerprint density at radius 3 is 1.50 bits per heavy atom. The number of hydrogen-bond acceptors (Lipinski definition) is 1. The van der Waals surface area contributed by atoms with E-state index < -0.39 is 12.1 Å². The van der Waals surface area contributed by atoms with Gasteiger partial charge >= 0.3 is 31.6 Å². The molecule has 0 saturated heterocycles. The first-order chi connectivity index (χ1) is 2.94. The zero-order chi connectivity index (χ0) is 6.08. The molecule has 49 valence electrons. The smallest absolute Gasteiger partial charge is 0.362 e. The van der Waals surface area contributed by atoms with Gasteiger partial charge in [-0.2, -0.15) is 13.2 Å². The summed E-state index contributed by atoms with van der Waals surface area (Å²) in [6.07, 6.45) is -4.86. The van der Waals surface area contributed by atoms with E-state index in [2.05, 4.69) is 5.73 Å². The second-order valence-electron chi connectivity index (χ2n) is 0.862. The van der Waals surface area contributed by atoms with Gasteiger partial charge in [0, 0.05) is 0 Å². The monoisotopic (exact) mass is 216 g/mol.